The van der Waals surface area contributed by atoms with Gasteiger partial charge >= 0.3 is 12.2 Å². The number of imide groups is 1. The van der Waals surface area contributed by atoms with Gasteiger partial charge in [-0.25, -0.2) is 4.79 Å². The highest BCUT2D eigenvalue weighted by Crippen LogP contribution is 2.35. The molecule has 5 rings (SSSR count). The van der Waals surface area contributed by atoms with Crippen molar-refractivity contribution in [2.45, 2.75) is 18.3 Å². The molecule has 2 aromatic heterocycles. The van der Waals surface area contributed by atoms with Crippen LogP contribution in [0.5, 0.6) is 11.6 Å². The number of carbonyl (C=O) groups is 2. The van der Waals surface area contributed by atoms with E-state index in [2.05, 4.69) is 20.6 Å². The topological polar surface area (TPSA) is 118 Å². The molecule has 1 saturated heterocycles. The fourth-order valence-electron chi connectivity index (χ4n) is 4.13. The third-order valence-electron chi connectivity index (χ3n) is 5.82. The maximum Gasteiger partial charge on any atom is 0.422 e. The lowest BCUT2D eigenvalue weighted by Crippen LogP contribution is -2.47. The fraction of sp³-hybridized carbons (Fsp3) is 0.167. The van der Waals surface area contributed by atoms with Crippen LogP contribution in [-0.2, 0) is 16.9 Å². The number of alkyl halides is 3. The van der Waals surface area contributed by atoms with Crippen molar-refractivity contribution in [3.63, 3.8) is 0 Å². The number of amides is 3. The third kappa shape index (κ3) is 4.28. The first kappa shape index (κ1) is 23.1. The monoisotopic (exact) mass is 497 g/mol. The number of nitrogens with one attached hydrogen (secondary N) is 2. The molecule has 0 spiro atoms. The molecule has 3 N–H and O–H groups in total. The van der Waals surface area contributed by atoms with Gasteiger partial charge in [0, 0.05) is 34.9 Å². The molecule has 3 heterocycles. The molecule has 0 saturated carbocycles. The van der Waals surface area contributed by atoms with Crippen molar-refractivity contribution in [1.29, 1.82) is 0 Å². The highest BCUT2D eigenvalue weighted by Gasteiger charge is 2.48. The van der Waals surface area contributed by atoms with Crippen LogP contribution in [0.15, 0.2) is 67.3 Å². The van der Waals surface area contributed by atoms with Crippen LogP contribution >= 0.6 is 0 Å². The summed E-state index contributed by atoms with van der Waals surface area (Å²) in [5.74, 6) is -0.993. The standard InChI is InChI=1S/C24H18F3N5O4/c25-24(26,27)13-36-17-6-3-15-11-32(20(33)18(15)9-17)12-23(21(34)30-22(35)31-23)16-4-1-14(2-5-16)19-10-28-7-8-29-19/h1-11,33H,12-13H2,(H2,30,31,34,35)/t23-/m0/s1. The number of hydrogen-bond donors (Lipinski definition) is 3. The number of rotatable bonds is 6. The number of halogens is 3. The zero-order valence-corrected chi connectivity index (χ0v) is 18.4. The molecule has 1 atom stereocenters. The number of aromatic hydroxyl groups is 1. The average Bonchev–Trinajstić information content (AvgIpc) is 3.32. The van der Waals surface area contributed by atoms with E-state index in [1.807, 2.05) is 0 Å². The largest absolute Gasteiger partial charge is 0.494 e. The fourth-order valence-corrected chi connectivity index (χ4v) is 4.13. The van der Waals surface area contributed by atoms with Crippen LogP contribution in [0.25, 0.3) is 22.0 Å². The van der Waals surface area contributed by atoms with Gasteiger partial charge in [0.05, 0.1) is 18.4 Å². The van der Waals surface area contributed by atoms with Crippen molar-refractivity contribution in [2.75, 3.05) is 6.61 Å². The van der Waals surface area contributed by atoms with E-state index in [-0.39, 0.29) is 23.6 Å². The number of carbonyl (C=O) groups excluding carboxylic acids is 2. The van der Waals surface area contributed by atoms with Gasteiger partial charge in [0.25, 0.3) is 5.91 Å². The highest BCUT2D eigenvalue weighted by atomic mass is 19.4. The number of ether oxygens (including phenoxy) is 1. The van der Waals surface area contributed by atoms with Crippen LogP contribution in [0.2, 0.25) is 0 Å². The van der Waals surface area contributed by atoms with Gasteiger partial charge in [-0.2, -0.15) is 13.2 Å². The summed E-state index contributed by atoms with van der Waals surface area (Å²) in [6.45, 7) is -1.66. The number of urea groups is 1. The van der Waals surface area contributed by atoms with Crippen molar-refractivity contribution in [3.05, 3.63) is 72.8 Å². The number of hydrogen-bond acceptors (Lipinski definition) is 6. The molecular formula is C24H18F3N5O4. The molecule has 1 fully saturated rings. The minimum atomic E-state index is -4.51. The Morgan fingerprint density at radius 1 is 1.08 bits per heavy atom. The van der Waals surface area contributed by atoms with E-state index in [1.54, 1.807) is 42.9 Å². The summed E-state index contributed by atoms with van der Waals surface area (Å²) in [5, 5.41) is 16.5. The Morgan fingerprint density at radius 2 is 1.86 bits per heavy atom. The van der Waals surface area contributed by atoms with Crippen molar-refractivity contribution < 1.29 is 32.6 Å². The van der Waals surface area contributed by atoms with E-state index < -0.39 is 30.3 Å². The molecule has 9 nitrogen and oxygen atoms in total. The summed E-state index contributed by atoms with van der Waals surface area (Å²) in [5.41, 5.74) is 0.258. The molecule has 184 valence electrons. The Kier molecular flexibility index (Phi) is 5.50. The summed E-state index contributed by atoms with van der Waals surface area (Å²) in [6, 6.07) is 10.2. The summed E-state index contributed by atoms with van der Waals surface area (Å²) in [6.07, 6.45) is 1.71. The van der Waals surface area contributed by atoms with Crippen LogP contribution in [-0.4, -0.2) is 44.4 Å². The van der Waals surface area contributed by atoms with E-state index in [9.17, 15) is 27.9 Å². The number of fused-ring (bicyclic) bond motifs is 1. The van der Waals surface area contributed by atoms with Gasteiger partial charge in [-0.1, -0.05) is 24.3 Å². The van der Waals surface area contributed by atoms with Crippen molar-refractivity contribution >= 4 is 22.7 Å². The Bertz CT molecular complexity index is 1450. The second-order valence-corrected chi connectivity index (χ2v) is 8.22. The predicted octanol–water partition coefficient (Wildman–Crippen LogP) is 3.48. The molecule has 3 amide bonds. The molecule has 2 aromatic carbocycles. The first-order chi connectivity index (χ1) is 17.1. The quantitative estimate of drug-likeness (QED) is 0.351. The average molecular weight is 497 g/mol. The van der Waals surface area contributed by atoms with Gasteiger partial charge in [-0.05, 0) is 23.8 Å². The molecule has 0 radical (unpaired) electrons. The Morgan fingerprint density at radius 3 is 2.50 bits per heavy atom. The van der Waals surface area contributed by atoms with E-state index in [0.29, 0.717) is 16.6 Å². The third-order valence-corrected chi connectivity index (χ3v) is 5.82. The lowest BCUT2D eigenvalue weighted by Gasteiger charge is -2.27. The Labute approximate surface area is 201 Å². The molecule has 0 unspecified atom stereocenters. The van der Waals surface area contributed by atoms with Crippen molar-refractivity contribution in [1.82, 2.24) is 25.2 Å². The normalized spacial score (nSPS) is 17.8. The SMILES string of the molecule is O=C1NC(=O)[C@](Cn2cc3ccc(OCC(F)(F)F)cc3c2O)(c2ccc(-c3cnccn3)cc2)N1. The lowest BCUT2D eigenvalue weighted by atomic mass is 9.89. The number of benzene rings is 2. The summed E-state index contributed by atoms with van der Waals surface area (Å²) >= 11 is 0. The highest BCUT2D eigenvalue weighted by molar-refractivity contribution is 6.07. The molecule has 36 heavy (non-hydrogen) atoms. The van der Waals surface area contributed by atoms with E-state index in [4.69, 9.17) is 4.74 Å². The van der Waals surface area contributed by atoms with Gasteiger partial charge in [0.15, 0.2) is 18.0 Å². The molecular weight excluding hydrogens is 479 g/mol. The van der Waals surface area contributed by atoms with Crippen LogP contribution in [0.3, 0.4) is 0 Å². The molecule has 0 bridgehead atoms. The van der Waals surface area contributed by atoms with Gasteiger partial charge in [0.2, 0.25) is 0 Å². The van der Waals surface area contributed by atoms with Gasteiger partial charge in [0.1, 0.15) is 5.75 Å². The zero-order valence-electron chi connectivity index (χ0n) is 18.4. The summed E-state index contributed by atoms with van der Waals surface area (Å²) in [4.78, 5) is 33.4. The predicted molar refractivity (Wildman–Crippen MR) is 121 cm³/mol. The second kappa shape index (κ2) is 8.56. The number of aromatic nitrogens is 3. The minimum absolute atomic E-state index is 0.0749. The molecule has 1 aliphatic heterocycles. The molecule has 12 heteroatoms. The molecule has 0 aliphatic carbocycles. The van der Waals surface area contributed by atoms with Gasteiger partial charge in [-0.15, -0.1) is 0 Å². The minimum Gasteiger partial charge on any atom is -0.494 e. The first-order valence-electron chi connectivity index (χ1n) is 10.7. The smallest absolute Gasteiger partial charge is 0.422 e. The van der Waals surface area contributed by atoms with Crippen molar-refractivity contribution in [2.24, 2.45) is 0 Å². The van der Waals surface area contributed by atoms with E-state index >= 15 is 0 Å². The zero-order chi connectivity index (χ0) is 25.5. The van der Waals surface area contributed by atoms with Crippen LogP contribution in [0, 0.1) is 0 Å². The van der Waals surface area contributed by atoms with Crippen LogP contribution in [0.4, 0.5) is 18.0 Å². The van der Waals surface area contributed by atoms with Crippen LogP contribution < -0.4 is 15.4 Å². The van der Waals surface area contributed by atoms with Gasteiger partial charge in [-0.3, -0.25) is 20.1 Å². The number of nitrogens with zero attached hydrogens (tertiary/aromatic N) is 3. The summed E-state index contributed by atoms with van der Waals surface area (Å²) in [7, 11) is 0. The van der Waals surface area contributed by atoms with Crippen molar-refractivity contribution in [3.8, 4) is 22.9 Å². The first-order valence-corrected chi connectivity index (χ1v) is 10.7. The maximum atomic E-state index is 13.0. The molecule has 1 aliphatic rings. The van der Waals surface area contributed by atoms with E-state index in [1.165, 1.54) is 29.0 Å². The Hall–Kier alpha value is -4.61. The van der Waals surface area contributed by atoms with Crippen LogP contribution in [0.1, 0.15) is 5.56 Å². The van der Waals surface area contributed by atoms with E-state index in [0.717, 1.165) is 5.56 Å². The lowest BCUT2D eigenvalue weighted by molar-refractivity contribution is -0.153. The Balaban J connectivity index is 1.49. The van der Waals surface area contributed by atoms with Gasteiger partial charge < -0.3 is 19.7 Å². The molecule has 4 aromatic rings. The summed E-state index contributed by atoms with van der Waals surface area (Å²) < 4.78 is 43.6. The maximum absolute atomic E-state index is 13.0. The second-order valence-electron chi connectivity index (χ2n) is 8.22.